The Morgan fingerprint density at radius 3 is 1.40 bits per heavy atom. The number of hydrogen-bond acceptors (Lipinski definition) is 3. The number of fused-ring (bicyclic) bond motifs is 1. The Balaban J connectivity index is 3.45. The highest BCUT2D eigenvalue weighted by atomic mass is 19.2. The van der Waals surface area contributed by atoms with E-state index < -0.39 is 67.3 Å². The van der Waals surface area contributed by atoms with Crippen LogP contribution in [0.15, 0.2) is 0 Å². The first-order valence-electron chi connectivity index (χ1n) is 6.30. The highest BCUT2D eigenvalue weighted by Gasteiger charge is 2.28. The zero-order valence-electron chi connectivity index (χ0n) is 12.1. The van der Waals surface area contributed by atoms with Gasteiger partial charge in [0.05, 0.1) is 27.3 Å². The van der Waals surface area contributed by atoms with Gasteiger partial charge in [-0.1, -0.05) is 0 Å². The molecule has 0 heterocycles. The predicted molar refractivity (Wildman–Crippen MR) is 72.3 cm³/mol. The van der Waals surface area contributed by atoms with Crippen molar-refractivity contribution in [3.8, 4) is 18.2 Å². The highest BCUT2D eigenvalue weighted by molar-refractivity contribution is 5.88. The van der Waals surface area contributed by atoms with Crippen LogP contribution < -0.4 is 10.4 Å². The van der Waals surface area contributed by atoms with Gasteiger partial charge in [-0.2, -0.15) is 15.8 Å². The van der Waals surface area contributed by atoms with Crippen LogP contribution in [-0.4, -0.2) is 0 Å². The predicted octanol–water partition coefficient (Wildman–Crippen LogP) is 2.57. The molecule has 0 aromatic heterocycles. The van der Waals surface area contributed by atoms with Crippen LogP contribution in [0.3, 0.4) is 0 Å². The molecule has 0 N–H and O–H groups in total. The van der Waals surface area contributed by atoms with Gasteiger partial charge >= 0.3 is 0 Å². The summed E-state index contributed by atoms with van der Waals surface area (Å²) in [5.41, 5.74) is -1.94. The second-order valence-corrected chi connectivity index (χ2v) is 4.72. The maximum Gasteiger partial charge on any atom is 0.171 e. The fraction of sp³-hybridized carbons (Fsp3) is 0.0625. The second kappa shape index (κ2) is 6.18. The number of halogens is 6. The lowest BCUT2D eigenvalue weighted by atomic mass is 10.0. The van der Waals surface area contributed by atoms with Crippen LogP contribution in [0.1, 0.15) is 6.92 Å². The number of nitriles is 3. The Labute approximate surface area is 135 Å². The third-order valence-corrected chi connectivity index (χ3v) is 3.41. The largest absolute Gasteiger partial charge is 0.205 e. The van der Waals surface area contributed by atoms with Crippen molar-refractivity contribution in [2.75, 3.05) is 0 Å². The summed E-state index contributed by atoms with van der Waals surface area (Å²) in [6, 6.07) is 3.48. The van der Waals surface area contributed by atoms with Crippen molar-refractivity contribution in [1.82, 2.24) is 0 Å². The van der Waals surface area contributed by atoms with Crippen LogP contribution in [0, 0.1) is 68.9 Å². The molecular formula is C16H3F6N3. The molecule has 0 bridgehead atoms. The monoisotopic (exact) mass is 351 g/mol. The van der Waals surface area contributed by atoms with E-state index in [0.29, 0.717) is 0 Å². The normalized spacial score (nSPS) is 11.5. The van der Waals surface area contributed by atoms with Gasteiger partial charge < -0.3 is 0 Å². The molecule has 0 radical (unpaired) electrons. The van der Waals surface area contributed by atoms with Gasteiger partial charge in [-0.3, -0.25) is 0 Å². The third kappa shape index (κ3) is 2.36. The summed E-state index contributed by atoms with van der Waals surface area (Å²) >= 11 is 0. The molecule has 2 aromatic rings. The SMILES string of the molecule is C/C(C#N)=c1\c(F)c(F)c2c(F)c(=C(C#N)C#N)c(F)c(F)c2c1F. The Morgan fingerprint density at radius 1 is 0.600 bits per heavy atom. The van der Waals surface area contributed by atoms with Crippen molar-refractivity contribution in [2.45, 2.75) is 6.92 Å². The quantitative estimate of drug-likeness (QED) is 0.541. The summed E-state index contributed by atoms with van der Waals surface area (Å²) in [7, 11) is 0. The molecule has 25 heavy (non-hydrogen) atoms. The van der Waals surface area contributed by atoms with E-state index in [1.165, 1.54) is 6.07 Å². The summed E-state index contributed by atoms with van der Waals surface area (Å²) in [6.45, 7) is 0.892. The average molecular weight is 351 g/mol. The van der Waals surface area contributed by atoms with E-state index in [4.69, 9.17) is 15.8 Å². The fourth-order valence-electron chi connectivity index (χ4n) is 2.25. The van der Waals surface area contributed by atoms with Gasteiger partial charge in [0.2, 0.25) is 0 Å². The molecule has 0 amide bonds. The van der Waals surface area contributed by atoms with Crippen LogP contribution >= 0.6 is 0 Å². The van der Waals surface area contributed by atoms with Crippen LogP contribution in [0.25, 0.3) is 21.9 Å². The van der Waals surface area contributed by atoms with Crippen molar-refractivity contribution in [2.24, 2.45) is 0 Å². The molecule has 0 aliphatic heterocycles. The lowest BCUT2D eigenvalue weighted by molar-refractivity contribution is 0.471. The Morgan fingerprint density at radius 2 is 1.00 bits per heavy atom. The minimum absolute atomic E-state index is 0.693. The molecule has 2 aromatic carbocycles. The van der Waals surface area contributed by atoms with Gasteiger partial charge in [0.25, 0.3) is 0 Å². The Bertz CT molecular complexity index is 1180. The molecule has 0 saturated carbocycles. The molecule has 9 heteroatoms. The molecule has 0 atom stereocenters. The standard InChI is InChI=1S/C16H3F6N3/c1-5(2-23)7-11(17)9-10(15(21)13(7)19)12(18)8(6(3-24)4-25)14(20)16(9)22/h1H3/b7-5+. The van der Waals surface area contributed by atoms with Crippen LogP contribution in [-0.2, 0) is 0 Å². The van der Waals surface area contributed by atoms with E-state index in [-0.39, 0.29) is 0 Å². The van der Waals surface area contributed by atoms with Gasteiger partial charge in [0.1, 0.15) is 29.3 Å². The Kier molecular flexibility index (Phi) is 4.41. The number of rotatable bonds is 0. The van der Waals surface area contributed by atoms with Crippen molar-refractivity contribution in [3.05, 3.63) is 45.3 Å². The lowest BCUT2D eigenvalue weighted by Crippen LogP contribution is -2.25. The minimum Gasteiger partial charge on any atom is -0.205 e. The van der Waals surface area contributed by atoms with Crippen LogP contribution in [0.4, 0.5) is 26.3 Å². The van der Waals surface area contributed by atoms with Crippen molar-refractivity contribution < 1.29 is 26.3 Å². The molecule has 0 spiro atoms. The molecule has 0 saturated heterocycles. The molecule has 0 aliphatic carbocycles. The minimum atomic E-state index is -2.13. The summed E-state index contributed by atoms with van der Waals surface area (Å²) in [4.78, 5) is 0. The third-order valence-electron chi connectivity index (χ3n) is 3.41. The number of nitrogens with zero attached hydrogens (tertiary/aromatic N) is 3. The van der Waals surface area contributed by atoms with E-state index in [1.807, 2.05) is 0 Å². The van der Waals surface area contributed by atoms with Gasteiger partial charge in [0.15, 0.2) is 23.3 Å². The summed E-state index contributed by atoms with van der Waals surface area (Å²) < 4.78 is 85.2. The second-order valence-electron chi connectivity index (χ2n) is 4.72. The zero-order chi connectivity index (χ0) is 19.0. The maximum absolute atomic E-state index is 14.4. The van der Waals surface area contributed by atoms with Gasteiger partial charge in [-0.15, -0.1) is 0 Å². The van der Waals surface area contributed by atoms with Crippen molar-refractivity contribution in [1.29, 1.82) is 15.8 Å². The zero-order valence-corrected chi connectivity index (χ0v) is 12.1. The summed E-state index contributed by atoms with van der Waals surface area (Å²) in [6.07, 6.45) is 0. The molecule has 124 valence electrons. The van der Waals surface area contributed by atoms with E-state index in [0.717, 1.165) is 19.1 Å². The van der Waals surface area contributed by atoms with Gasteiger partial charge in [0, 0.05) is 5.57 Å². The first kappa shape index (κ1) is 17.8. The maximum atomic E-state index is 14.4. The van der Waals surface area contributed by atoms with E-state index >= 15 is 0 Å². The molecular weight excluding hydrogens is 348 g/mol. The molecule has 3 nitrogen and oxygen atoms in total. The first-order chi connectivity index (χ1) is 11.7. The summed E-state index contributed by atoms with van der Waals surface area (Å²) in [5, 5.41) is 20.0. The van der Waals surface area contributed by atoms with Crippen molar-refractivity contribution >= 4 is 21.9 Å². The van der Waals surface area contributed by atoms with Gasteiger partial charge in [-0.25, -0.2) is 26.3 Å². The fourth-order valence-corrected chi connectivity index (χ4v) is 2.25. The topological polar surface area (TPSA) is 71.4 Å². The van der Waals surface area contributed by atoms with Crippen LogP contribution in [0.2, 0.25) is 0 Å². The molecule has 0 aliphatic rings. The van der Waals surface area contributed by atoms with E-state index in [9.17, 15) is 26.3 Å². The van der Waals surface area contributed by atoms with E-state index in [2.05, 4.69) is 0 Å². The average Bonchev–Trinajstić information content (AvgIpc) is 2.59. The molecule has 0 unspecified atom stereocenters. The lowest BCUT2D eigenvalue weighted by Gasteiger charge is -2.09. The number of hydrogen-bond donors (Lipinski definition) is 0. The molecule has 0 fully saturated rings. The van der Waals surface area contributed by atoms with Crippen LogP contribution in [0.5, 0.6) is 0 Å². The van der Waals surface area contributed by atoms with Crippen molar-refractivity contribution in [3.63, 3.8) is 0 Å². The smallest absolute Gasteiger partial charge is 0.171 e. The van der Waals surface area contributed by atoms with Gasteiger partial charge in [-0.05, 0) is 6.92 Å². The first-order valence-corrected chi connectivity index (χ1v) is 6.30. The van der Waals surface area contributed by atoms with E-state index in [1.54, 1.807) is 0 Å². The number of benzene rings is 2. The Hall–Kier alpha value is -3.51. The highest BCUT2D eigenvalue weighted by Crippen LogP contribution is 2.26. The molecule has 2 rings (SSSR count). The summed E-state index contributed by atoms with van der Waals surface area (Å²) in [5.74, 6) is -12.2.